The molecule has 20 aromatic carbocycles. The first kappa shape index (κ1) is 85.8. The molecule has 0 amide bonds. The summed E-state index contributed by atoms with van der Waals surface area (Å²) in [4.78, 5) is 0. The van der Waals surface area contributed by atoms with E-state index in [1.54, 1.807) is 0 Å². The van der Waals surface area contributed by atoms with E-state index in [1.807, 2.05) is 0 Å². The van der Waals surface area contributed by atoms with E-state index < -0.39 is 0 Å². The topological polar surface area (TPSA) is 19.7 Å². The van der Waals surface area contributed by atoms with Gasteiger partial charge >= 0.3 is 0 Å². The van der Waals surface area contributed by atoms with Crippen LogP contribution >= 0.6 is 0 Å². The van der Waals surface area contributed by atoms with Crippen LogP contribution in [0.1, 0.15) is 111 Å². The van der Waals surface area contributed by atoms with Crippen molar-refractivity contribution in [2.75, 3.05) is 0 Å². The van der Waals surface area contributed by atoms with Gasteiger partial charge in [0, 0.05) is 65.8 Å². The van der Waals surface area contributed by atoms with Crippen LogP contribution in [0.5, 0.6) is 0 Å². The molecule has 4 heteroatoms. The quantitative estimate of drug-likeness (QED) is 0.167. The van der Waals surface area contributed by atoms with Crippen molar-refractivity contribution in [3.63, 3.8) is 0 Å². The molecule has 4 aromatic heterocycles. The van der Waals surface area contributed by atoms with E-state index in [-0.39, 0.29) is 10.8 Å². The van der Waals surface area contributed by atoms with E-state index >= 15 is 0 Å². The Kier molecular flexibility index (Phi) is 21.4. The number of hydrogen-bond donors (Lipinski definition) is 0. The SMILES string of the molecule is Cc1ccc(-n2c3ccccc3c3c(C)cccc32)cc1.Cc1ccc(-n2c3ccccc3c3cc(C)ccc32)cc1.Cc1ccc2c(c1)C1(c3ccccc3-c3ccccc31)c1cc(C)ccc1-2.Cc1ccc2c(c1)c1ccccc1n2-c1ccccc1C.Cc1cccc(-n2c3ccccc3c3cc(C)ccc32)c1.Cc1cccc2c1-c1ccccc1C21c2ccccc2-c2c(C)cccc21. The predicted octanol–water partition coefficient (Wildman–Crippen LogP) is 34.9. The zero-order valence-electron chi connectivity index (χ0n) is 80.4. The molecular weight excluding hydrogens is 1670 g/mol. The highest BCUT2D eigenvalue weighted by Gasteiger charge is 2.53. The zero-order chi connectivity index (χ0) is 93.9. The van der Waals surface area contributed by atoms with Crippen molar-refractivity contribution >= 4 is 87.2 Å². The van der Waals surface area contributed by atoms with Crippen molar-refractivity contribution in [1.29, 1.82) is 0 Å². The Labute approximate surface area is 809 Å². The number of aromatic nitrogens is 4. The monoisotopic (exact) mass is 1770 g/mol. The molecule has 24 aromatic rings. The lowest BCUT2D eigenvalue weighted by molar-refractivity contribution is 0.791. The summed E-state index contributed by atoms with van der Waals surface area (Å²) in [6, 6.07) is 159. The van der Waals surface area contributed by atoms with E-state index in [0.717, 1.165) is 0 Å². The van der Waals surface area contributed by atoms with Gasteiger partial charge in [-0.2, -0.15) is 0 Å². The summed E-state index contributed by atoms with van der Waals surface area (Å²) in [5.41, 5.74) is 52.9. The van der Waals surface area contributed by atoms with Crippen molar-refractivity contribution in [3.8, 4) is 67.3 Å². The van der Waals surface area contributed by atoms with Gasteiger partial charge in [-0.25, -0.2) is 0 Å². The molecule has 0 N–H and O–H groups in total. The first-order chi connectivity index (χ1) is 67.4. The van der Waals surface area contributed by atoms with Gasteiger partial charge in [0.25, 0.3) is 0 Å². The summed E-state index contributed by atoms with van der Waals surface area (Å²) in [6.45, 7) is 26.1. The molecule has 2 spiro atoms. The minimum absolute atomic E-state index is 0.199. The molecule has 0 unspecified atom stereocenters. The van der Waals surface area contributed by atoms with Crippen molar-refractivity contribution in [2.45, 2.75) is 93.9 Å². The average Bonchev–Trinajstić information content (AvgIpc) is 1.51. The van der Waals surface area contributed by atoms with Crippen molar-refractivity contribution in [2.24, 2.45) is 0 Å². The summed E-state index contributed by atoms with van der Waals surface area (Å²) >= 11 is 0. The lowest BCUT2D eigenvalue weighted by Crippen LogP contribution is -2.26. The largest absolute Gasteiger partial charge is 0.309 e. The molecule has 0 fully saturated rings. The Bertz CT molecular complexity index is 8780. The van der Waals surface area contributed by atoms with E-state index in [1.165, 1.54) is 266 Å². The second-order valence-corrected chi connectivity index (χ2v) is 38.5. The molecule has 0 saturated heterocycles. The zero-order valence-corrected chi connectivity index (χ0v) is 80.4. The van der Waals surface area contributed by atoms with Gasteiger partial charge in [-0.3, -0.25) is 0 Å². The van der Waals surface area contributed by atoms with E-state index in [4.69, 9.17) is 0 Å². The summed E-state index contributed by atoms with van der Waals surface area (Å²) < 4.78 is 9.44. The normalized spacial score (nSPS) is 12.6. The third-order valence-corrected chi connectivity index (χ3v) is 29.5. The highest BCUT2D eigenvalue weighted by molar-refractivity contribution is 6.14. The van der Waals surface area contributed by atoms with Crippen molar-refractivity contribution < 1.29 is 0 Å². The second kappa shape index (κ2) is 34.5. The molecule has 664 valence electrons. The van der Waals surface area contributed by atoms with Crippen LogP contribution in [-0.4, -0.2) is 18.3 Å². The van der Waals surface area contributed by atoms with E-state index in [9.17, 15) is 0 Å². The summed E-state index contributed by atoms with van der Waals surface area (Å²) in [5, 5.41) is 10.6. The van der Waals surface area contributed by atoms with E-state index in [0.29, 0.717) is 0 Å². The van der Waals surface area contributed by atoms with Gasteiger partial charge < -0.3 is 18.3 Å². The average molecular weight is 1770 g/mol. The highest BCUT2D eigenvalue weighted by Crippen LogP contribution is 2.65. The van der Waals surface area contributed by atoms with Crippen molar-refractivity contribution in [1.82, 2.24) is 18.3 Å². The molecule has 0 bridgehead atoms. The van der Waals surface area contributed by atoms with Crippen molar-refractivity contribution in [3.05, 3.63) is 548 Å². The third kappa shape index (κ3) is 13.9. The van der Waals surface area contributed by atoms with Crippen LogP contribution in [0.25, 0.3) is 154 Å². The number of fused-ring (bicyclic) bond motifs is 32. The van der Waals surface area contributed by atoms with Crippen LogP contribution in [0.3, 0.4) is 0 Å². The molecule has 0 aliphatic heterocycles. The van der Waals surface area contributed by atoms with Gasteiger partial charge in [-0.15, -0.1) is 0 Å². The number of hydrogen-bond acceptors (Lipinski definition) is 0. The Morgan fingerprint density at radius 1 is 0.152 bits per heavy atom. The molecule has 28 rings (SSSR count). The maximum Gasteiger partial charge on any atom is 0.0725 e. The Hall–Kier alpha value is -16.4. The van der Waals surface area contributed by atoms with Gasteiger partial charge in [0.2, 0.25) is 0 Å². The standard InChI is InChI=1S/2C27H20.4C20H17N/c1-17-9-7-15-23-25(17)19-11-3-5-13-21(19)27(23)22-14-6-4-12-20(22)26-18(2)10-8-16-24(26)27;1-17-11-13-21-22-14-12-18(2)16-26(22)27(25(21)15-17)23-9-5-3-7-19(23)20-8-4-6-10-24(20)27;1-14-11-12-20-17(13-14)16-8-4-6-10-19(16)21(20)18-9-5-3-7-15(18)2;1-14-6-5-7-16(12-14)21-19-9-4-3-8-17(19)18-13-15(2)10-11-20(18)21;1-14-10-12-16(13-11-14)21-18-8-4-3-7-17(18)20-15(2)6-5-9-19(20)21;1-14-7-10-16(11-8-14)21-19-6-4-3-5-17(19)18-13-15(2)9-12-20(18)21/h2*3-16H,1-2H3;4*3-13H,1-2H3. The summed E-state index contributed by atoms with van der Waals surface area (Å²) in [5.74, 6) is 0. The van der Waals surface area contributed by atoms with Crippen LogP contribution in [0.2, 0.25) is 0 Å². The first-order valence-electron chi connectivity index (χ1n) is 48.5. The minimum Gasteiger partial charge on any atom is -0.309 e. The predicted molar refractivity (Wildman–Crippen MR) is 585 cm³/mol. The number of aryl methyl sites for hydroxylation is 12. The van der Waals surface area contributed by atoms with Gasteiger partial charge in [0.15, 0.2) is 0 Å². The molecule has 4 aliphatic rings. The maximum atomic E-state index is 2.41. The molecule has 0 radical (unpaired) electrons. The smallest absolute Gasteiger partial charge is 0.0725 e. The van der Waals surface area contributed by atoms with Crippen LogP contribution in [0.15, 0.2) is 437 Å². The van der Waals surface area contributed by atoms with Gasteiger partial charge in [0.1, 0.15) is 0 Å². The van der Waals surface area contributed by atoms with Crippen LogP contribution in [0, 0.1) is 83.1 Å². The molecule has 4 aliphatic carbocycles. The first-order valence-corrected chi connectivity index (χ1v) is 48.5. The summed E-state index contributed by atoms with van der Waals surface area (Å²) in [7, 11) is 0. The lowest BCUT2D eigenvalue weighted by Gasteiger charge is -2.30. The second-order valence-electron chi connectivity index (χ2n) is 38.5. The highest BCUT2D eigenvalue weighted by atomic mass is 15.0. The summed E-state index contributed by atoms with van der Waals surface area (Å²) in [6.07, 6.45) is 0. The molecule has 0 saturated carbocycles. The van der Waals surface area contributed by atoms with Crippen LogP contribution in [0.4, 0.5) is 0 Å². The third-order valence-electron chi connectivity index (χ3n) is 29.5. The number of rotatable bonds is 4. The fraction of sp³-hybridized carbons (Fsp3) is 0.104. The Morgan fingerprint density at radius 3 is 0.906 bits per heavy atom. The lowest BCUT2D eigenvalue weighted by atomic mass is 9.70. The van der Waals surface area contributed by atoms with Gasteiger partial charge in [-0.05, 0) is 309 Å². The van der Waals surface area contributed by atoms with E-state index in [2.05, 4.69) is 538 Å². The number of benzene rings is 20. The molecule has 4 nitrogen and oxygen atoms in total. The minimum atomic E-state index is -0.199. The molecular formula is C134H108N4. The van der Waals surface area contributed by atoms with Gasteiger partial charge in [0.05, 0.1) is 55.0 Å². The number of para-hydroxylation sites is 5. The Morgan fingerprint density at radius 2 is 0.442 bits per heavy atom. The molecule has 138 heavy (non-hydrogen) atoms. The van der Waals surface area contributed by atoms with Crippen LogP contribution < -0.4 is 0 Å². The fourth-order valence-corrected chi connectivity index (χ4v) is 23.5. The number of nitrogens with zero attached hydrogens (tertiary/aromatic N) is 4. The Balaban J connectivity index is 0.0000000931. The van der Waals surface area contributed by atoms with Gasteiger partial charge in [-0.1, -0.05) is 367 Å². The fourth-order valence-electron chi connectivity index (χ4n) is 23.5. The molecule has 4 heterocycles. The molecule has 0 atom stereocenters. The maximum absolute atomic E-state index is 2.41. The van der Waals surface area contributed by atoms with Crippen LogP contribution in [-0.2, 0) is 10.8 Å².